The van der Waals surface area contributed by atoms with E-state index in [2.05, 4.69) is 45.2 Å². The summed E-state index contributed by atoms with van der Waals surface area (Å²) in [7, 11) is 0. The minimum Gasteiger partial charge on any atom is -0.367 e. The molecule has 0 bridgehead atoms. The smallest absolute Gasteiger partial charge is 0.117 e. The molecular weight excluding hydrogens is 318 g/mol. The zero-order chi connectivity index (χ0) is 5.70. The molecule has 1 unspecified atom stereocenters. The topological polar surface area (TPSA) is 9.23 Å². The first kappa shape index (κ1) is 8.42. The molecule has 0 aromatic carbocycles. The fourth-order valence-electron chi connectivity index (χ4n) is 0.225. The molecule has 1 nitrogen and oxygen atoms in total. The van der Waals surface area contributed by atoms with Crippen molar-refractivity contribution in [1.29, 1.82) is 0 Å². The monoisotopic (exact) mass is 326 g/mol. The van der Waals surface area contributed by atoms with Gasteiger partial charge in [0.1, 0.15) is 4.11 Å². The van der Waals surface area contributed by atoms with E-state index >= 15 is 0 Å². The van der Waals surface area contributed by atoms with Crippen LogP contribution in [0.3, 0.4) is 0 Å². The number of alkyl halides is 2. The van der Waals surface area contributed by atoms with Gasteiger partial charge in [0.2, 0.25) is 0 Å². The first-order valence-electron chi connectivity index (χ1n) is 2.13. The Labute approximate surface area is 71.5 Å². The Morgan fingerprint density at radius 2 is 2.29 bits per heavy atom. The molecule has 0 N–H and O–H groups in total. The summed E-state index contributed by atoms with van der Waals surface area (Å²) in [6.07, 6.45) is 0. The van der Waals surface area contributed by atoms with E-state index in [-0.39, 0.29) is 0 Å². The van der Waals surface area contributed by atoms with Gasteiger partial charge in [0.15, 0.2) is 0 Å². The molecule has 0 fully saturated rings. The van der Waals surface area contributed by atoms with E-state index in [1.54, 1.807) is 0 Å². The van der Waals surface area contributed by atoms with Gasteiger partial charge in [-0.3, -0.25) is 0 Å². The average molecular weight is 326 g/mol. The molecule has 0 aliphatic carbocycles. The molecule has 0 rings (SSSR count). The summed E-state index contributed by atoms with van der Waals surface area (Å²) >= 11 is 4.58. The van der Waals surface area contributed by atoms with Gasteiger partial charge in [0, 0.05) is 11.0 Å². The van der Waals surface area contributed by atoms with E-state index in [9.17, 15) is 0 Å². The number of rotatable bonds is 3. The van der Waals surface area contributed by atoms with Crippen LogP contribution in [0.2, 0.25) is 0 Å². The Kier molecular flexibility index (Phi) is 6.68. The molecule has 1 atom stereocenters. The summed E-state index contributed by atoms with van der Waals surface area (Å²) in [6, 6.07) is 0. The maximum absolute atomic E-state index is 5.17. The Morgan fingerprint density at radius 1 is 1.71 bits per heavy atom. The fraction of sp³-hybridized carbons (Fsp3) is 1.00. The second-order valence-corrected chi connectivity index (χ2v) is 3.29. The third-order valence-electron chi connectivity index (χ3n) is 0.469. The SMILES string of the molecule is CCOC(I)CI. The molecule has 0 heterocycles. The first-order chi connectivity index (χ1) is 3.31. The third-order valence-corrected chi connectivity index (χ3v) is 3.75. The van der Waals surface area contributed by atoms with Crippen LogP contribution in [0.4, 0.5) is 0 Å². The van der Waals surface area contributed by atoms with Gasteiger partial charge < -0.3 is 4.74 Å². The second-order valence-electron chi connectivity index (χ2n) is 1.02. The highest BCUT2D eigenvalue weighted by Crippen LogP contribution is 2.04. The van der Waals surface area contributed by atoms with Crippen LogP contribution in [-0.2, 0) is 4.74 Å². The number of hydrogen-bond donors (Lipinski definition) is 0. The minimum absolute atomic E-state index is 0.406. The van der Waals surface area contributed by atoms with Crippen LogP contribution in [0.15, 0.2) is 0 Å². The molecule has 0 radical (unpaired) electrons. The lowest BCUT2D eigenvalue weighted by Crippen LogP contribution is -2.03. The normalized spacial score (nSPS) is 14.1. The van der Waals surface area contributed by atoms with Crippen LogP contribution >= 0.6 is 45.2 Å². The zero-order valence-electron chi connectivity index (χ0n) is 4.16. The van der Waals surface area contributed by atoms with Crippen LogP contribution < -0.4 is 0 Å². The van der Waals surface area contributed by atoms with E-state index in [1.807, 2.05) is 6.92 Å². The van der Waals surface area contributed by atoms with Crippen molar-refractivity contribution in [1.82, 2.24) is 0 Å². The van der Waals surface area contributed by atoms with Gasteiger partial charge in [-0.1, -0.05) is 45.2 Å². The van der Waals surface area contributed by atoms with Crippen molar-refractivity contribution in [3.8, 4) is 0 Å². The van der Waals surface area contributed by atoms with Gasteiger partial charge in [-0.25, -0.2) is 0 Å². The number of hydrogen-bond acceptors (Lipinski definition) is 1. The van der Waals surface area contributed by atoms with Crippen LogP contribution in [0.5, 0.6) is 0 Å². The van der Waals surface area contributed by atoms with Gasteiger partial charge in [-0.05, 0) is 6.92 Å². The molecule has 0 aliphatic heterocycles. The zero-order valence-corrected chi connectivity index (χ0v) is 8.47. The van der Waals surface area contributed by atoms with Crippen LogP contribution in [-0.4, -0.2) is 15.1 Å². The summed E-state index contributed by atoms with van der Waals surface area (Å²) < 4.78 is 6.65. The predicted octanol–water partition coefficient (Wildman–Crippen LogP) is 2.22. The lowest BCUT2D eigenvalue weighted by atomic mass is 10.8. The average Bonchev–Trinajstić information content (AvgIpc) is 1.68. The largest absolute Gasteiger partial charge is 0.367 e. The van der Waals surface area contributed by atoms with Crippen molar-refractivity contribution in [2.75, 3.05) is 11.0 Å². The van der Waals surface area contributed by atoms with Crippen molar-refractivity contribution in [2.45, 2.75) is 11.0 Å². The van der Waals surface area contributed by atoms with Crippen molar-refractivity contribution in [2.24, 2.45) is 0 Å². The molecule has 0 saturated carbocycles. The standard InChI is InChI=1S/C4H8I2O/c1-2-7-4(6)3-5/h4H,2-3H2,1H3. The Bertz CT molecular complexity index is 40.7. The highest BCUT2D eigenvalue weighted by molar-refractivity contribution is 14.1. The quantitative estimate of drug-likeness (QED) is 0.571. The van der Waals surface area contributed by atoms with Crippen LogP contribution in [0.1, 0.15) is 6.92 Å². The summed E-state index contributed by atoms with van der Waals surface area (Å²) in [5.41, 5.74) is 0. The number of halogens is 2. The molecule has 0 aromatic heterocycles. The highest BCUT2D eigenvalue weighted by atomic mass is 127. The van der Waals surface area contributed by atoms with Crippen LogP contribution in [0, 0.1) is 0 Å². The Morgan fingerprint density at radius 3 is 2.43 bits per heavy atom. The maximum Gasteiger partial charge on any atom is 0.117 e. The van der Waals surface area contributed by atoms with Crippen LogP contribution in [0.25, 0.3) is 0 Å². The van der Waals surface area contributed by atoms with E-state index < -0.39 is 0 Å². The van der Waals surface area contributed by atoms with Crippen molar-refractivity contribution < 1.29 is 4.74 Å². The summed E-state index contributed by atoms with van der Waals surface area (Å²) in [5, 5.41) is 0. The summed E-state index contributed by atoms with van der Waals surface area (Å²) in [6.45, 7) is 2.84. The summed E-state index contributed by atoms with van der Waals surface area (Å²) in [5.74, 6) is 0. The molecule has 3 heteroatoms. The van der Waals surface area contributed by atoms with Gasteiger partial charge in [0.05, 0.1) is 0 Å². The number of ether oxygens (including phenoxy) is 1. The van der Waals surface area contributed by atoms with E-state index in [1.165, 1.54) is 0 Å². The van der Waals surface area contributed by atoms with Gasteiger partial charge >= 0.3 is 0 Å². The summed E-state index contributed by atoms with van der Waals surface area (Å²) in [4.78, 5) is 0. The van der Waals surface area contributed by atoms with E-state index in [4.69, 9.17) is 4.74 Å². The second kappa shape index (κ2) is 5.55. The maximum atomic E-state index is 5.17. The predicted molar refractivity (Wildman–Crippen MR) is 48.3 cm³/mol. The van der Waals surface area contributed by atoms with Crippen molar-refractivity contribution >= 4 is 45.2 Å². The van der Waals surface area contributed by atoms with Gasteiger partial charge in [0.25, 0.3) is 0 Å². The van der Waals surface area contributed by atoms with E-state index in [0.29, 0.717) is 4.11 Å². The van der Waals surface area contributed by atoms with Gasteiger partial charge in [-0.2, -0.15) is 0 Å². The molecule has 0 aliphatic rings. The van der Waals surface area contributed by atoms with Crippen molar-refractivity contribution in [3.05, 3.63) is 0 Å². The molecule has 0 amide bonds. The Hall–Kier alpha value is 1.42. The first-order valence-corrected chi connectivity index (χ1v) is 4.90. The molecule has 0 aromatic rings. The molecular formula is C4H8I2O. The molecule has 7 heavy (non-hydrogen) atoms. The van der Waals surface area contributed by atoms with Gasteiger partial charge in [-0.15, -0.1) is 0 Å². The third kappa shape index (κ3) is 5.29. The highest BCUT2D eigenvalue weighted by Gasteiger charge is 1.95. The molecule has 0 saturated heterocycles. The molecule has 44 valence electrons. The lowest BCUT2D eigenvalue weighted by molar-refractivity contribution is 0.152. The lowest BCUT2D eigenvalue weighted by Gasteiger charge is -2.02. The molecule has 0 spiro atoms. The minimum atomic E-state index is 0.406. The Balaban J connectivity index is 2.83. The van der Waals surface area contributed by atoms with E-state index in [0.717, 1.165) is 11.0 Å². The fourth-order valence-corrected chi connectivity index (χ4v) is 0.839. The van der Waals surface area contributed by atoms with Crippen molar-refractivity contribution in [3.63, 3.8) is 0 Å².